The number of aliphatic imine (C=N–C) groups is 1. The van der Waals surface area contributed by atoms with E-state index >= 15 is 0 Å². The number of nitrogens with two attached hydrogens (primary N) is 1. The predicted octanol–water partition coefficient (Wildman–Crippen LogP) is 1.37. The van der Waals surface area contributed by atoms with Gasteiger partial charge in [0.25, 0.3) is 5.91 Å². The van der Waals surface area contributed by atoms with Gasteiger partial charge in [-0.1, -0.05) is 17.7 Å². The molecule has 29 heavy (non-hydrogen) atoms. The number of pyridine rings is 1. The van der Waals surface area contributed by atoms with Crippen LogP contribution in [0.4, 0.5) is 10.2 Å². The normalized spacial score (nSPS) is 25.4. The summed E-state index contributed by atoms with van der Waals surface area (Å²) >= 11 is 7.35. The van der Waals surface area contributed by atoms with Gasteiger partial charge < -0.3 is 15.8 Å². The van der Waals surface area contributed by atoms with Crippen molar-refractivity contribution in [3.8, 4) is 0 Å². The van der Waals surface area contributed by atoms with E-state index in [1.165, 1.54) is 25.2 Å². The molecule has 2 unspecified atom stereocenters. The predicted molar refractivity (Wildman–Crippen MR) is 106 cm³/mol. The molecule has 1 saturated heterocycles. The minimum Gasteiger partial charge on any atom is -0.377 e. The Hall–Kier alpha value is -2.28. The maximum Gasteiger partial charge on any atom is 0.266 e. The molecule has 0 saturated carbocycles. The van der Waals surface area contributed by atoms with Crippen molar-refractivity contribution in [2.45, 2.75) is 10.8 Å². The highest BCUT2D eigenvalue weighted by Crippen LogP contribution is 2.48. The smallest absolute Gasteiger partial charge is 0.266 e. The van der Waals surface area contributed by atoms with Gasteiger partial charge in [-0.25, -0.2) is 22.7 Å². The van der Waals surface area contributed by atoms with E-state index < -0.39 is 32.7 Å². The van der Waals surface area contributed by atoms with Gasteiger partial charge in [-0.2, -0.15) is 4.39 Å². The van der Waals surface area contributed by atoms with Crippen molar-refractivity contribution in [3.63, 3.8) is 0 Å². The quantitative estimate of drug-likeness (QED) is 0.667. The Morgan fingerprint density at radius 2 is 2.28 bits per heavy atom. The molecular weight excluding hydrogens is 445 g/mol. The number of rotatable bonds is 3. The monoisotopic (exact) mass is 459 g/mol. The van der Waals surface area contributed by atoms with Crippen molar-refractivity contribution in [1.29, 1.82) is 0 Å². The fourth-order valence-electron chi connectivity index (χ4n) is 3.28. The number of hydrogen-bond acceptors (Lipinski definition) is 8. The third-order valence-corrected chi connectivity index (χ3v) is 8.67. The number of hydrogen-bond donors (Lipinski definition) is 2. The number of nitrogens with one attached hydrogen (secondary N) is 1. The second kappa shape index (κ2) is 6.90. The van der Waals surface area contributed by atoms with Crippen LogP contribution in [-0.4, -0.2) is 55.1 Å². The summed E-state index contributed by atoms with van der Waals surface area (Å²) in [7, 11) is -2.51. The van der Waals surface area contributed by atoms with Gasteiger partial charge in [-0.15, -0.1) is 11.3 Å². The molecule has 9 nitrogen and oxygen atoms in total. The van der Waals surface area contributed by atoms with E-state index in [-0.39, 0.29) is 34.9 Å². The number of halogens is 2. The average molecular weight is 460 g/mol. The van der Waals surface area contributed by atoms with E-state index in [0.717, 1.165) is 21.7 Å². The number of thiophene rings is 1. The summed E-state index contributed by atoms with van der Waals surface area (Å²) in [6.45, 7) is -0.120. The second-order valence-electron chi connectivity index (χ2n) is 6.50. The molecule has 0 spiro atoms. The molecule has 4 rings (SSSR count). The molecule has 2 aliphatic heterocycles. The van der Waals surface area contributed by atoms with Gasteiger partial charge in [0.05, 0.1) is 28.0 Å². The third kappa shape index (κ3) is 3.16. The minimum atomic E-state index is -3.83. The molecule has 13 heteroatoms. The van der Waals surface area contributed by atoms with Crippen LogP contribution in [0.5, 0.6) is 0 Å². The minimum absolute atomic E-state index is 0.0328. The Kier molecular flexibility index (Phi) is 4.76. The highest BCUT2D eigenvalue weighted by atomic mass is 35.5. The Labute approximate surface area is 174 Å². The zero-order valence-corrected chi connectivity index (χ0v) is 17.3. The van der Waals surface area contributed by atoms with Crippen LogP contribution in [0.2, 0.25) is 5.02 Å². The SMILES string of the molecule is CN1C(N)=NC2(c3sc(C(=O)Nc4cccc(F)n4)cc3Cl)COCC2S1(=O)=O. The first-order valence-corrected chi connectivity index (χ1v) is 11.0. The Morgan fingerprint density at radius 1 is 1.52 bits per heavy atom. The molecule has 4 heterocycles. The Morgan fingerprint density at radius 3 is 3.00 bits per heavy atom. The lowest BCUT2D eigenvalue weighted by molar-refractivity contribution is 0.103. The van der Waals surface area contributed by atoms with E-state index in [4.69, 9.17) is 22.1 Å². The van der Waals surface area contributed by atoms with Crippen LogP contribution in [0.25, 0.3) is 0 Å². The summed E-state index contributed by atoms with van der Waals surface area (Å²) in [5.74, 6) is -1.46. The fraction of sp³-hybridized carbons (Fsp3) is 0.312. The summed E-state index contributed by atoms with van der Waals surface area (Å²) in [5.41, 5.74) is 4.50. The van der Waals surface area contributed by atoms with Gasteiger partial charge in [0, 0.05) is 7.05 Å². The molecule has 154 valence electrons. The number of carbonyl (C=O) groups excluding carboxylic acids is 1. The highest BCUT2D eigenvalue weighted by molar-refractivity contribution is 7.90. The molecule has 0 radical (unpaired) electrons. The summed E-state index contributed by atoms with van der Waals surface area (Å²) in [6.07, 6.45) is 0. The van der Waals surface area contributed by atoms with Crippen molar-refractivity contribution in [1.82, 2.24) is 9.29 Å². The average Bonchev–Trinajstić information content (AvgIpc) is 3.25. The molecule has 2 atom stereocenters. The topological polar surface area (TPSA) is 127 Å². The van der Waals surface area contributed by atoms with E-state index in [1.54, 1.807) is 0 Å². The van der Waals surface area contributed by atoms with Gasteiger partial charge in [0.15, 0.2) is 0 Å². The van der Waals surface area contributed by atoms with Crippen LogP contribution in [0.1, 0.15) is 14.5 Å². The molecule has 0 bridgehead atoms. The van der Waals surface area contributed by atoms with Crippen LogP contribution < -0.4 is 11.1 Å². The van der Waals surface area contributed by atoms with E-state index in [9.17, 15) is 17.6 Å². The lowest BCUT2D eigenvalue weighted by Crippen LogP contribution is -2.56. The van der Waals surface area contributed by atoms with E-state index in [0.29, 0.717) is 4.88 Å². The number of anilines is 1. The molecule has 0 aromatic carbocycles. The van der Waals surface area contributed by atoms with Gasteiger partial charge in [-0.3, -0.25) is 4.79 Å². The summed E-state index contributed by atoms with van der Waals surface area (Å²) < 4.78 is 45.3. The molecule has 1 amide bonds. The van der Waals surface area contributed by atoms with Crippen LogP contribution in [0.3, 0.4) is 0 Å². The first kappa shape index (κ1) is 20.0. The van der Waals surface area contributed by atoms with Crippen molar-refractivity contribution in [2.75, 3.05) is 25.6 Å². The number of carbonyl (C=O) groups is 1. The van der Waals surface area contributed by atoms with Crippen LogP contribution in [-0.2, 0) is 20.3 Å². The summed E-state index contributed by atoms with van der Waals surface area (Å²) in [6, 6.07) is 5.39. The summed E-state index contributed by atoms with van der Waals surface area (Å²) in [4.78, 5) is 21.1. The standard InChI is InChI=1S/C16H15ClFN5O4S2/c1-23-15(19)22-16(7-27-6-10(16)29(23,25)26)13-8(17)5-9(28-13)14(24)21-12-4-2-3-11(18)20-12/h2-5,10H,6-7H2,1H3,(H2,19,22)(H,20,21,24). The van der Waals surface area contributed by atoms with E-state index in [1.807, 2.05) is 0 Å². The number of amides is 1. The molecule has 2 aliphatic rings. The Balaban J connectivity index is 1.73. The van der Waals surface area contributed by atoms with Gasteiger partial charge >= 0.3 is 0 Å². The van der Waals surface area contributed by atoms with Crippen LogP contribution >= 0.6 is 22.9 Å². The van der Waals surface area contributed by atoms with Crippen molar-refractivity contribution in [3.05, 3.63) is 45.0 Å². The number of nitrogens with zero attached hydrogens (tertiary/aromatic N) is 3. The number of aromatic nitrogens is 1. The first-order chi connectivity index (χ1) is 13.6. The third-order valence-electron chi connectivity index (χ3n) is 4.76. The van der Waals surface area contributed by atoms with Gasteiger partial charge in [0.1, 0.15) is 16.6 Å². The van der Waals surface area contributed by atoms with Gasteiger partial charge in [-0.05, 0) is 18.2 Å². The van der Waals surface area contributed by atoms with E-state index in [2.05, 4.69) is 15.3 Å². The lowest BCUT2D eigenvalue weighted by Gasteiger charge is -2.37. The van der Waals surface area contributed by atoms with Crippen LogP contribution in [0, 0.1) is 5.95 Å². The maximum absolute atomic E-state index is 13.2. The number of ether oxygens (including phenoxy) is 1. The van der Waals surface area contributed by atoms with Crippen LogP contribution in [0.15, 0.2) is 29.3 Å². The zero-order valence-electron chi connectivity index (χ0n) is 14.9. The molecule has 2 aromatic rings. The molecular formula is C16H15ClFN5O4S2. The molecule has 0 aliphatic carbocycles. The first-order valence-electron chi connectivity index (χ1n) is 8.30. The molecule has 1 fully saturated rings. The number of guanidine groups is 1. The Bertz CT molecular complexity index is 1140. The lowest BCUT2D eigenvalue weighted by atomic mass is 9.96. The number of fused-ring (bicyclic) bond motifs is 1. The van der Waals surface area contributed by atoms with Crippen molar-refractivity contribution < 1.29 is 22.3 Å². The number of sulfonamides is 1. The second-order valence-corrected chi connectivity index (χ2v) is 10.1. The molecule has 3 N–H and O–H groups in total. The van der Waals surface area contributed by atoms with Crippen molar-refractivity contribution >= 4 is 50.6 Å². The van der Waals surface area contributed by atoms with Gasteiger partial charge in [0.2, 0.25) is 21.9 Å². The van der Waals surface area contributed by atoms with Crippen molar-refractivity contribution in [2.24, 2.45) is 10.7 Å². The highest BCUT2D eigenvalue weighted by Gasteiger charge is 2.58. The fourth-order valence-corrected chi connectivity index (χ4v) is 6.61. The molecule has 2 aromatic heterocycles. The summed E-state index contributed by atoms with van der Waals surface area (Å²) in [5, 5.41) is 1.62. The maximum atomic E-state index is 13.2. The zero-order chi connectivity index (χ0) is 21.0. The largest absolute Gasteiger partial charge is 0.377 e.